The number of amides is 1. The van der Waals surface area contributed by atoms with Gasteiger partial charge in [0.2, 0.25) is 5.91 Å². The van der Waals surface area contributed by atoms with E-state index in [0.29, 0.717) is 13.2 Å². The number of unbranched alkanes of at least 4 members (excludes halogenated alkanes) is 1. The fourth-order valence-electron chi connectivity index (χ4n) is 2.86. The van der Waals surface area contributed by atoms with Crippen LogP contribution in [0, 0.1) is 5.92 Å². The maximum Gasteiger partial charge on any atom is 0.246 e. The van der Waals surface area contributed by atoms with Crippen LogP contribution in [0.1, 0.15) is 60.8 Å². The smallest absolute Gasteiger partial charge is 0.246 e. The SMILES string of the molecule is C=C(NC(C(=C)NCC=O)C(C)C)C(N)CCCCNC(=O)COC(C)(C)COC(C)C. The molecule has 5 N–H and O–H groups in total. The normalized spacial score (nSPS) is 13.5. The molecular weight excluding hydrogens is 408 g/mol. The quantitative estimate of drug-likeness (QED) is 0.175. The Morgan fingerprint density at radius 3 is 2.31 bits per heavy atom. The third kappa shape index (κ3) is 14.2. The van der Waals surface area contributed by atoms with Crippen LogP contribution >= 0.6 is 0 Å². The minimum Gasteiger partial charge on any atom is -0.380 e. The molecule has 0 fully saturated rings. The van der Waals surface area contributed by atoms with E-state index in [9.17, 15) is 9.59 Å². The van der Waals surface area contributed by atoms with Gasteiger partial charge in [0.25, 0.3) is 0 Å². The second-order valence-corrected chi connectivity index (χ2v) is 9.32. The highest BCUT2D eigenvalue weighted by Crippen LogP contribution is 2.13. The van der Waals surface area contributed by atoms with Crippen LogP contribution in [-0.2, 0) is 19.1 Å². The van der Waals surface area contributed by atoms with Crippen molar-refractivity contribution in [2.45, 2.75) is 84.6 Å². The molecule has 2 unspecified atom stereocenters. The van der Waals surface area contributed by atoms with E-state index in [0.717, 1.165) is 36.9 Å². The van der Waals surface area contributed by atoms with Gasteiger partial charge in [-0.25, -0.2) is 0 Å². The molecule has 0 aliphatic rings. The number of carbonyl (C=O) groups is 2. The van der Waals surface area contributed by atoms with Crippen molar-refractivity contribution in [2.24, 2.45) is 11.7 Å². The first-order valence-corrected chi connectivity index (χ1v) is 11.5. The summed E-state index contributed by atoms with van der Waals surface area (Å²) in [6, 6.07) is -0.279. The predicted octanol–water partition coefficient (Wildman–Crippen LogP) is 2.25. The second kappa shape index (κ2) is 15.8. The summed E-state index contributed by atoms with van der Waals surface area (Å²) in [7, 11) is 0. The molecular formula is C24H46N4O4. The Bertz CT molecular complexity index is 591. The van der Waals surface area contributed by atoms with E-state index in [-0.39, 0.29) is 43.2 Å². The molecule has 0 spiro atoms. The molecule has 0 rings (SSSR count). The van der Waals surface area contributed by atoms with Crippen LogP contribution in [-0.4, -0.2) is 62.3 Å². The minimum absolute atomic E-state index is 0.00725. The van der Waals surface area contributed by atoms with Crippen molar-refractivity contribution in [1.82, 2.24) is 16.0 Å². The van der Waals surface area contributed by atoms with Crippen LogP contribution in [0.25, 0.3) is 0 Å². The molecule has 1 amide bonds. The third-order valence-electron chi connectivity index (χ3n) is 4.87. The van der Waals surface area contributed by atoms with Crippen molar-refractivity contribution < 1.29 is 19.1 Å². The minimum atomic E-state index is -0.510. The molecule has 0 bridgehead atoms. The molecule has 8 heteroatoms. The van der Waals surface area contributed by atoms with E-state index < -0.39 is 5.60 Å². The van der Waals surface area contributed by atoms with Gasteiger partial charge in [-0.2, -0.15) is 0 Å². The lowest BCUT2D eigenvalue weighted by Gasteiger charge is -2.29. The highest BCUT2D eigenvalue weighted by atomic mass is 16.5. The number of carbonyl (C=O) groups excluding carboxylic acids is 2. The molecule has 0 aromatic carbocycles. The number of rotatable bonds is 19. The van der Waals surface area contributed by atoms with Gasteiger partial charge in [0.05, 0.1) is 30.9 Å². The first-order chi connectivity index (χ1) is 14.9. The van der Waals surface area contributed by atoms with Gasteiger partial charge in [-0.1, -0.05) is 27.0 Å². The van der Waals surface area contributed by atoms with Crippen molar-refractivity contribution in [1.29, 1.82) is 0 Å². The third-order valence-corrected chi connectivity index (χ3v) is 4.87. The van der Waals surface area contributed by atoms with Crippen LogP contribution < -0.4 is 21.7 Å². The summed E-state index contributed by atoms with van der Waals surface area (Å²) >= 11 is 0. The van der Waals surface area contributed by atoms with Crippen molar-refractivity contribution in [2.75, 3.05) is 26.3 Å². The van der Waals surface area contributed by atoms with Crippen LogP contribution in [0.4, 0.5) is 0 Å². The van der Waals surface area contributed by atoms with E-state index in [1.54, 1.807) is 0 Å². The molecule has 186 valence electrons. The average Bonchev–Trinajstić information content (AvgIpc) is 2.72. The molecule has 32 heavy (non-hydrogen) atoms. The number of hydrogen-bond donors (Lipinski definition) is 4. The molecule has 0 saturated carbocycles. The van der Waals surface area contributed by atoms with Gasteiger partial charge in [0.1, 0.15) is 12.9 Å². The van der Waals surface area contributed by atoms with Crippen molar-refractivity contribution in [3.63, 3.8) is 0 Å². The molecule has 0 aromatic rings. The Labute approximate surface area is 194 Å². The predicted molar refractivity (Wildman–Crippen MR) is 130 cm³/mol. The Morgan fingerprint density at radius 1 is 1.09 bits per heavy atom. The number of nitrogens with one attached hydrogen (secondary N) is 3. The van der Waals surface area contributed by atoms with E-state index in [1.807, 2.05) is 27.7 Å². The summed E-state index contributed by atoms with van der Waals surface area (Å²) in [5.41, 5.74) is 7.23. The Hall–Kier alpha value is -1.90. The van der Waals surface area contributed by atoms with Gasteiger partial charge < -0.3 is 36.0 Å². The van der Waals surface area contributed by atoms with E-state index in [4.69, 9.17) is 15.2 Å². The summed E-state index contributed by atoms with van der Waals surface area (Å²) in [6.07, 6.45) is 3.34. The highest BCUT2D eigenvalue weighted by molar-refractivity contribution is 5.77. The van der Waals surface area contributed by atoms with E-state index in [1.165, 1.54) is 0 Å². The Balaban J connectivity index is 4.16. The van der Waals surface area contributed by atoms with Crippen molar-refractivity contribution >= 4 is 12.2 Å². The zero-order valence-electron chi connectivity index (χ0n) is 21.0. The van der Waals surface area contributed by atoms with Crippen LogP contribution in [0.15, 0.2) is 24.6 Å². The zero-order chi connectivity index (χ0) is 24.7. The molecule has 0 radical (unpaired) electrons. The fourth-order valence-corrected chi connectivity index (χ4v) is 2.86. The van der Waals surface area contributed by atoms with Gasteiger partial charge >= 0.3 is 0 Å². The lowest BCUT2D eigenvalue weighted by molar-refractivity contribution is -0.137. The Kier molecular flexibility index (Phi) is 14.9. The van der Waals surface area contributed by atoms with E-state index >= 15 is 0 Å². The second-order valence-electron chi connectivity index (χ2n) is 9.32. The number of hydrogen-bond acceptors (Lipinski definition) is 7. The maximum atomic E-state index is 12.0. The molecule has 8 nitrogen and oxygen atoms in total. The van der Waals surface area contributed by atoms with Gasteiger partial charge in [0.15, 0.2) is 0 Å². The number of nitrogens with two attached hydrogens (primary N) is 1. The molecule has 0 aliphatic heterocycles. The van der Waals surface area contributed by atoms with Crippen LogP contribution in [0.5, 0.6) is 0 Å². The lowest BCUT2D eigenvalue weighted by atomic mass is 9.99. The first kappa shape index (κ1) is 30.1. The van der Waals surface area contributed by atoms with Crippen LogP contribution in [0.3, 0.4) is 0 Å². The largest absolute Gasteiger partial charge is 0.380 e. The summed E-state index contributed by atoms with van der Waals surface area (Å²) < 4.78 is 11.2. The standard InChI is InChI=1S/C24H46N4O4/c1-17(2)23(20(6)26-13-14-29)28-19(5)21(25)11-9-10-12-27-22(30)15-32-24(7,8)16-31-18(3)4/h14,17-18,21,23,26,28H,5-6,9-13,15-16,25H2,1-4,7-8H3,(H,27,30). The fraction of sp³-hybridized carbons (Fsp3) is 0.750. The maximum absolute atomic E-state index is 12.0. The Morgan fingerprint density at radius 2 is 1.75 bits per heavy atom. The molecule has 2 atom stereocenters. The summed E-state index contributed by atoms with van der Waals surface area (Å²) in [5.74, 6) is 0.115. The van der Waals surface area contributed by atoms with Gasteiger partial charge in [-0.05, 0) is 52.9 Å². The van der Waals surface area contributed by atoms with E-state index in [2.05, 4.69) is 43.0 Å². The first-order valence-electron chi connectivity index (χ1n) is 11.5. The summed E-state index contributed by atoms with van der Waals surface area (Å²) in [6.45, 7) is 21.2. The summed E-state index contributed by atoms with van der Waals surface area (Å²) in [4.78, 5) is 22.6. The topological polar surface area (TPSA) is 115 Å². The molecule has 0 saturated heterocycles. The van der Waals surface area contributed by atoms with Gasteiger partial charge in [0, 0.05) is 24.0 Å². The molecule has 0 aromatic heterocycles. The van der Waals surface area contributed by atoms with Crippen molar-refractivity contribution in [3.05, 3.63) is 24.6 Å². The summed E-state index contributed by atoms with van der Waals surface area (Å²) in [5, 5.41) is 9.21. The monoisotopic (exact) mass is 454 g/mol. The number of ether oxygens (including phenoxy) is 2. The average molecular weight is 455 g/mol. The van der Waals surface area contributed by atoms with Crippen LogP contribution in [0.2, 0.25) is 0 Å². The molecule has 0 aliphatic carbocycles. The van der Waals surface area contributed by atoms with Gasteiger partial charge in [-0.15, -0.1) is 0 Å². The lowest BCUT2D eigenvalue weighted by Crippen LogP contribution is -2.43. The van der Waals surface area contributed by atoms with Gasteiger partial charge in [-0.3, -0.25) is 4.79 Å². The molecule has 0 heterocycles. The van der Waals surface area contributed by atoms with Crippen molar-refractivity contribution in [3.8, 4) is 0 Å². The highest BCUT2D eigenvalue weighted by Gasteiger charge is 2.21. The number of aldehydes is 1. The zero-order valence-corrected chi connectivity index (χ0v) is 21.0.